The predicted octanol–water partition coefficient (Wildman–Crippen LogP) is 0.292. The van der Waals surface area contributed by atoms with Crippen molar-refractivity contribution in [3.05, 3.63) is 40.7 Å². The van der Waals surface area contributed by atoms with Gasteiger partial charge in [0.15, 0.2) is 5.82 Å². The van der Waals surface area contributed by atoms with Gasteiger partial charge < -0.3 is 5.73 Å². The molecule has 0 saturated carbocycles. The zero-order chi connectivity index (χ0) is 11.0. The minimum atomic E-state index is -0.572. The highest BCUT2D eigenvalue weighted by molar-refractivity contribution is 5.37. The van der Waals surface area contributed by atoms with Crippen LogP contribution in [0.25, 0.3) is 5.82 Å². The average Bonchev–Trinajstić information content (AvgIpc) is 2.58. The van der Waals surface area contributed by atoms with Gasteiger partial charge in [-0.15, -0.1) is 0 Å². The van der Waals surface area contributed by atoms with Gasteiger partial charge in [-0.1, -0.05) is 0 Å². The van der Waals surface area contributed by atoms with Crippen LogP contribution >= 0.6 is 0 Å². The van der Waals surface area contributed by atoms with Crippen LogP contribution in [0.15, 0.2) is 29.3 Å². The van der Waals surface area contributed by atoms with E-state index in [4.69, 9.17) is 5.73 Å². The van der Waals surface area contributed by atoms with E-state index in [9.17, 15) is 9.18 Å². The quantitative estimate of drug-likeness (QED) is 0.732. The molecule has 0 aromatic carbocycles. The summed E-state index contributed by atoms with van der Waals surface area (Å²) in [5, 5.41) is 3.98. The fourth-order valence-corrected chi connectivity index (χ4v) is 1.27. The number of hydrogen-bond donors (Lipinski definition) is 1. The van der Waals surface area contributed by atoms with Gasteiger partial charge in [0.05, 0.1) is 6.20 Å². The number of aromatic nitrogens is 3. The van der Waals surface area contributed by atoms with Gasteiger partial charge in [0, 0.05) is 25.4 Å². The number of nitrogens with two attached hydrogens (primary N) is 1. The molecule has 0 radical (unpaired) electrons. The second kappa shape index (κ2) is 3.23. The summed E-state index contributed by atoms with van der Waals surface area (Å²) < 4.78 is 15.6. The second-order valence-electron chi connectivity index (χ2n) is 3.14. The van der Waals surface area contributed by atoms with Gasteiger partial charge in [-0.25, -0.2) is 4.39 Å². The van der Waals surface area contributed by atoms with Crippen molar-refractivity contribution >= 4 is 5.69 Å². The molecular weight excluding hydrogens is 199 g/mol. The maximum atomic E-state index is 13.0. The lowest BCUT2D eigenvalue weighted by molar-refractivity contribution is 0.611. The lowest BCUT2D eigenvalue weighted by Gasteiger charge is -2.02. The molecule has 78 valence electrons. The number of hydrogen-bond acceptors (Lipinski definition) is 3. The van der Waals surface area contributed by atoms with Gasteiger partial charge in [-0.2, -0.15) is 5.10 Å². The van der Waals surface area contributed by atoms with E-state index < -0.39 is 11.4 Å². The van der Waals surface area contributed by atoms with E-state index in [-0.39, 0.29) is 5.69 Å². The van der Waals surface area contributed by atoms with E-state index in [1.807, 2.05) is 0 Å². The lowest BCUT2D eigenvalue weighted by atomic mass is 10.4. The molecule has 6 heteroatoms. The Labute approximate surface area is 84.6 Å². The van der Waals surface area contributed by atoms with Gasteiger partial charge >= 0.3 is 0 Å². The molecule has 0 saturated heterocycles. The lowest BCUT2D eigenvalue weighted by Crippen LogP contribution is -2.22. The van der Waals surface area contributed by atoms with Gasteiger partial charge in [-0.05, 0) is 0 Å². The first-order valence-electron chi connectivity index (χ1n) is 4.25. The number of nitrogens with zero attached hydrogens (tertiary/aromatic N) is 3. The molecule has 0 aliphatic carbocycles. The number of rotatable bonds is 1. The molecule has 0 unspecified atom stereocenters. The third-order valence-corrected chi connectivity index (χ3v) is 1.96. The molecule has 2 N–H and O–H groups in total. The summed E-state index contributed by atoms with van der Waals surface area (Å²) >= 11 is 0. The molecule has 2 aromatic rings. The average molecular weight is 208 g/mol. The van der Waals surface area contributed by atoms with Gasteiger partial charge in [0.25, 0.3) is 5.56 Å². The van der Waals surface area contributed by atoms with Crippen LogP contribution < -0.4 is 11.3 Å². The first-order valence-corrected chi connectivity index (χ1v) is 4.25. The van der Waals surface area contributed by atoms with Crippen molar-refractivity contribution in [1.82, 2.24) is 14.3 Å². The monoisotopic (exact) mass is 208 g/mol. The van der Waals surface area contributed by atoms with Crippen LogP contribution in [0.1, 0.15) is 0 Å². The van der Waals surface area contributed by atoms with Crippen molar-refractivity contribution in [2.45, 2.75) is 0 Å². The Kier molecular flexibility index (Phi) is 2.03. The SMILES string of the molecule is Cn1ccc(-n2cc(F)cc(N)c2=O)n1. The Morgan fingerprint density at radius 3 is 2.87 bits per heavy atom. The van der Waals surface area contributed by atoms with Crippen LogP contribution in [0.5, 0.6) is 0 Å². The Balaban J connectivity index is 2.67. The molecule has 0 aliphatic rings. The van der Waals surface area contributed by atoms with Gasteiger partial charge in [0.1, 0.15) is 11.5 Å². The molecule has 2 rings (SSSR count). The molecular formula is C9H9FN4O. The van der Waals surface area contributed by atoms with Crippen LogP contribution in [0.3, 0.4) is 0 Å². The summed E-state index contributed by atoms with van der Waals surface area (Å²) in [6, 6.07) is 2.59. The van der Waals surface area contributed by atoms with Crippen molar-refractivity contribution in [1.29, 1.82) is 0 Å². The van der Waals surface area contributed by atoms with Gasteiger partial charge in [-0.3, -0.25) is 14.0 Å². The number of halogens is 1. The van der Waals surface area contributed by atoms with E-state index >= 15 is 0 Å². The summed E-state index contributed by atoms with van der Waals surface area (Å²) in [7, 11) is 1.71. The molecule has 15 heavy (non-hydrogen) atoms. The minimum absolute atomic E-state index is 0.138. The fourth-order valence-electron chi connectivity index (χ4n) is 1.27. The van der Waals surface area contributed by atoms with Crippen molar-refractivity contribution in [3.63, 3.8) is 0 Å². The predicted molar refractivity (Wildman–Crippen MR) is 53.2 cm³/mol. The van der Waals surface area contributed by atoms with E-state index in [1.54, 1.807) is 19.3 Å². The first kappa shape index (κ1) is 9.45. The first-order chi connectivity index (χ1) is 7.08. The summed E-state index contributed by atoms with van der Waals surface area (Å²) in [6.07, 6.45) is 2.71. The number of nitrogen functional groups attached to an aromatic ring is 1. The second-order valence-corrected chi connectivity index (χ2v) is 3.14. The topological polar surface area (TPSA) is 65.8 Å². The van der Waals surface area contributed by atoms with Crippen molar-refractivity contribution in [2.24, 2.45) is 7.05 Å². The third kappa shape index (κ3) is 1.61. The molecule has 0 fully saturated rings. The maximum absolute atomic E-state index is 13.0. The Morgan fingerprint density at radius 1 is 1.53 bits per heavy atom. The van der Waals surface area contributed by atoms with Crippen molar-refractivity contribution < 1.29 is 4.39 Å². The zero-order valence-corrected chi connectivity index (χ0v) is 8.01. The highest BCUT2D eigenvalue weighted by atomic mass is 19.1. The Bertz CT molecular complexity index is 557. The Hall–Kier alpha value is -2.11. The maximum Gasteiger partial charge on any atom is 0.279 e. The van der Waals surface area contributed by atoms with Gasteiger partial charge in [0.2, 0.25) is 0 Å². The van der Waals surface area contributed by atoms with Crippen LogP contribution in [-0.2, 0) is 7.05 Å². The van der Waals surface area contributed by atoms with Crippen LogP contribution in [-0.4, -0.2) is 14.3 Å². The molecule has 2 heterocycles. The molecule has 2 aromatic heterocycles. The molecule has 0 spiro atoms. The largest absolute Gasteiger partial charge is 0.394 e. The normalized spacial score (nSPS) is 10.5. The highest BCUT2D eigenvalue weighted by Crippen LogP contribution is 2.05. The third-order valence-electron chi connectivity index (χ3n) is 1.96. The zero-order valence-electron chi connectivity index (χ0n) is 8.01. The summed E-state index contributed by atoms with van der Waals surface area (Å²) in [4.78, 5) is 11.6. The number of anilines is 1. The smallest absolute Gasteiger partial charge is 0.279 e. The van der Waals surface area contributed by atoms with Crippen LogP contribution in [0.2, 0.25) is 0 Å². The van der Waals surface area contributed by atoms with E-state index in [1.165, 1.54) is 4.68 Å². The van der Waals surface area contributed by atoms with Crippen LogP contribution in [0, 0.1) is 5.82 Å². The molecule has 0 amide bonds. The molecule has 0 bridgehead atoms. The standard InChI is InChI=1S/C9H9FN4O/c1-13-3-2-8(12-13)14-5-6(10)4-7(11)9(14)15/h2-5H,11H2,1H3. The number of aryl methyl sites for hydroxylation is 1. The van der Waals surface area contributed by atoms with E-state index in [0.717, 1.165) is 16.8 Å². The fraction of sp³-hybridized carbons (Fsp3) is 0.111. The minimum Gasteiger partial charge on any atom is -0.394 e. The Morgan fingerprint density at radius 2 is 2.27 bits per heavy atom. The summed E-state index contributed by atoms with van der Waals surface area (Å²) in [5.41, 5.74) is 4.74. The van der Waals surface area contributed by atoms with Crippen molar-refractivity contribution in [3.8, 4) is 5.82 Å². The molecule has 0 atom stereocenters. The summed E-state index contributed by atoms with van der Waals surface area (Å²) in [5.74, 6) is -0.230. The molecule has 5 nitrogen and oxygen atoms in total. The molecule has 0 aliphatic heterocycles. The number of pyridine rings is 1. The highest BCUT2D eigenvalue weighted by Gasteiger charge is 2.07. The van der Waals surface area contributed by atoms with E-state index in [0.29, 0.717) is 5.82 Å². The van der Waals surface area contributed by atoms with E-state index in [2.05, 4.69) is 5.10 Å². The van der Waals surface area contributed by atoms with Crippen LogP contribution in [0.4, 0.5) is 10.1 Å². The van der Waals surface area contributed by atoms with Crippen molar-refractivity contribution in [2.75, 3.05) is 5.73 Å². The summed E-state index contributed by atoms with van der Waals surface area (Å²) in [6.45, 7) is 0.